The molecule has 0 fully saturated rings. The van der Waals surface area contributed by atoms with E-state index in [4.69, 9.17) is 4.74 Å². The van der Waals surface area contributed by atoms with Crippen LogP contribution < -0.4 is 5.32 Å². The van der Waals surface area contributed by atoms with Gasteiger partial charge in [0, 0.05) is 6.54 Å². The largest absolute Gasteiger partial charge is 0.455 e. The molecule has 0 bridgehead atoms. The first-order valence-electron chi connectivity index (χ1n) is 6.94. The lowest BCUT2D eigenvalue weighted by Gasteiger charge is -2.07. The van der Waals surface area contributed by atoms with Gasteiger partial charge in [-0.15, -0.1) is 0 Å². The molecule has 0 aliphatic heterocycles. The van der Waals surface area contributed by atoms with E-state index in [-0.39, 0.29) is 18.8 Å². The van der Waals surface area contributed by atoms with Crippen LogP contribution in [-0.2, 0) is 27.3 Å². The van der Waals surface area contributed by atoms with Gasteiger partial charge >= 0.3 is 5.97 Å². The molecule has 2 rings (SSSR count). The quantitative estimate of drug-likeness (QED) is 0.832. The zero-order valence-corrected chi connectivity index (χ0v) is 12.2. The van der Waals surface area contributed by atoms with Crippen molar-refractivity contribution in [3.63, 3.8) is 0 Å². The Labute approximate surface area is 132 Å². The van der Waals surface area contributed by atoms with Crippen LogP contribution in [0.5, 0.6) is 0 Å². The van der Waals surface area contributed by atoms with Crippen LogP contribution in [-0.4, -0.2) is 18.5 Å². The summed E-state index contributed by atoms with van der Waals surface area (Å²) in [5, 5.41) is 2.55. The summed E-state index contributed by atoms with van der Waals surface area (Å²) in [5.74, 6) is -1.88. The minimum absolute atomic E-state index is 0.108. The molecule has 0 saturated carbocycles. The van der Waals surface area contributed by atoms with E-state index >= 15 is 0 Å². The van der Waals surface area contributed by atoms with Gasteiger partial charge in [0.15, 0.2) is 6.61 Å². The predicted octanol–water partition coefficient (Wildman–Crippen LogP) is 2.37. The van der Waals surface area contributed by atoms with Crippen molar-refractivity contribution in [1.82, 2.24) is 5.32 Å². The lowest BCUT2D eigenvalue weighted by atomic mass is 10.1. The SMILES string of the molecule is O=C(COC(=O)Cc1cccc(F)c1)NCc1ccc(F)cc1. The van der Waals surface area contributed by atoms with E-state index in [1.807, 2.05) is 0 Å². The molecule has 6 heteroatoms. The first kappa shape index (κ1) is 16.6. The first-order chi connectivity index (χ1) is 11.0. The molecule has 0 radical (unpaired) electrons. The maximum atomic E-state index is 13.0. The molecule has 0 atom stereocenters. The van der Waals surface area contributed by atoms with Crippen LogP contribution in [0.15, 0.2) is 48.5 Å². The fourth-order valence-electron chi connectivity index (χ4n) is 1.86. The Bertz CT molecular complexity index is 686. The van der Waals surface area contributed by atoms with Gasteiger partial charge in [-0.3, -0.25) is 9.59 Å². The molecular formula is C17H15F2NO3. The van der Waals surface area contributed by atoms with Crippen molar-refractivity contribution in [1.29, 1.82) is 0 Å². The van der Waals surface area contributed by atoms with Gasteiger partial charge in [-0.2, -0.15) is 0 Å². The summed E-state index contributed by atoms with van der Waals surface area (Å²) in [6.45, 7) is -0.212. The van der Waals surface area contributed by atoms with E-state index in [1.165, 1.54) is 30.3 Å². The Balaban J connectivity index is 1.71. The number of nitrogens with one attached hydrogen (secondary N) is 1. The average Bonchev–Trinajstić information content (AvgIpc) is 2.52. The van der Waals surface area contributed by atoms with Gasteiger partial charge in [0.05, 0.1) is 6.42 Å². The van der Waals surface area contributed by atoms with Gasteiger partial charge in [0.25, 0.3) is 5.91 Å². The van der Waals surface area contributed by atoms with Crippen molar-refractivity contribution >= 4 is 11.9 Å². The highest BCUT2D eigenvalue weighted by atomic mass is 19.1. The van der Waals surface area contributed by atoms with Gasteiger partial charge in [-0.05, 0) is 35.4 Å². The molecule has 23 heavy (non-hydrogen) atoms. The number of rotatable bonds is 6. The zero-order chi connectivity index (χ0) is 16.7. The molecule has 2 aromatic carbocycles. The highest BCUT2D eigenvalue weighted by Crippen LogP contribution is 2.05. The second kappa shape index (κ2) is 8.03. The second-order valence-electron chi connectivity index (χ2n) is 4.87. The zero-order valence-electron chi connectivity index (χ0n) is 12.2. The minimum atomic E-state index is -0.618. The predicted molar refractivity (Wildman–Crippen MR) is 79.3 cm³/mol. The summed E-state index contributed by atoms with van der Waals surface area (Å²) in [4.78, 5) is 23.1. The van der Waals surface area contributed by atoms with Crippen molar-refractivity contribution in [2.24, 2.45) is 0 Å². The van der Waals surface area contributed by atoms with E-state index in [0.717, 1.165) is 5.56 Å². The molecular weight excluding hydrogens is 304 g/mol. The molecule has 0 saturated heterocycles. The van der Waals surface area contributed by atoms with Gasteiger partial charge in [-0.1, -0.05) is 24.3 Å². The Hall–Kier alpha value is -2.76. The lowest BCUT2D eigenvalue weighted by molar-refractivity contribution is -0.147. The number of esters is 1. The van der Waals surface area contributed by atoms with Gasteiger partial charge < -0.3 is 10.1 Å². The normalized spacial score (nSPS) is 10.2. The number of benzene rings is 2. The van der Waals surface area contributed by atoms with E-state index in [1.54, 1.807) is 18.2 Å². The molecule has 1 amide bonds. The molecule has 120 valence electrons. The van der Waals surface area contributed by atoms with Crippen LogP contribution in [0.4, 0.5) is 8.78 Å². The number of hydrogen-bond donors (Lipinski definition) is 1. The summed E-state index contributed by atoms with van der Waals surface area (Å²) in [6.07, 6.45) is -0.108. The Kier molecular flexibility index (Phi) is 5.80. The summed E-state index contributed by atoms with van der Waals surface area (Å²) < 4.78 is 30.5. The smallest absolute Gasteiger partial charge is 0.310 e. The van der Waals surface area contributed by atoms with Crippen LogP contribution in [0, 0.1) is 11.6 Å². The molecule has 0 heterocycles. The Morgan fingerprint density at radius 2 is 1.70 bits per heavy atom. The van der Waals surface area contributed by atoms with E-state index < -0.39 is 24.3 Å². The van der Waals surface area contributed by atoms with Crippen LogP contribution in [0.3, 0.4) is 0 Å². The van der Waals surface area contributed by atoms with Crippen molar-refractivity contribution in [3.8, 4) is 0 Å². The second-order valence-corrected chi connectivity index (χ2v) is 4.87. The third-order valence-electron chi connectivity index (χ3n) is 3.00. The first-order valence-corrected chi connectivity index (χ1v) is 6.94. The van der Waals surface area contributed by atoms with E-state index in [9.17, 15) is 18.4 Å². The molecule has 0 aliphatic carbocycles. The van der Waals surface area contributed by atoms with E-state index in [2.05, 4.69) is 5.32 Å². The number of halogens is 2. The fourth-order valence-corrected chi connectivity index (χ4v) is 1.86. The summed E-state index contributed by atoms with van der Waals surface area (Å²) in [6, 6.07) is 11.3. The average molecular weight is 319 g/mol. The lowest BCUT2D eigenvalue weighted by Crippen LogP contribution is -2.28. The highest BCUT2D eigenvalue weighted by molar-refractivity contribution is 5.81. The van der Waals surface area contributed by atoms with Crippen LogP contribution in [0.25, 0.3) is 0 Å². The van der Waals surface area contributed by atoms with E-state index in [0.29, 0.717) is 5.56 Å². The maximum Gasteiger partial charge on any atom is 0.310 e. The molecule has 0 spiro atoms. The Morgan fingerprint density at radius 3 is 2.39 bits per heavy atom. The minimum Gasteiger partial charge on any atom is -0.455 e. The maximum absolute atomic E-state index is 13.0. The van der Waals surface area contributed by atoms with Crippen molar-refractivity contribution in [2.75, 3.05) is 6.61 Å². The van der Waals surface area contributed by atoms with Crippen LogP contribution in [0.2, 0.25) is 0 Å². The summed E-state index contributed by atoms with van der Waals surface area (Å²) in [5.41, 5.74) is 1.20. The molecule has 4 nitrogen and oxygen atoms in total. The van der Waals surface area contributed by atoms with Crippen molar-refractivity contribution in [3.05, 3.63) is 71.3 Å². The summed E-state index contributed by atoms with van der Waals surface area (Å²) in [7, 11) is 0. The Morgan fingerprint density at radius 1 is 0.957 bits per heavy atom. The van der Waals surface area contributed by atoms with Crippen LogP contribution >= 0.6 is 0 Å². The van der Waals surface area contributed by atoms with Gasteiger partial charge in [0.1, 0.15) is 11.6 Å². The molecule has 1 N–H and O–H groups in total. The monoisotopic (exact) mass is 319 g/mol. The molecule has 0 unspecified atom stereocenters. The number of hydrogen-bond acceptors (Lipinski definition) is 3. The number of carbonyl (C=O) groups is 2. The highest BCUT2D eigenvalue weighted by Gasteiger charge is 2.09. The number of ether oxygens (including phenoxy) is 1. The van der Waals surface area contributed by atoms with Gasteiger partial charge in [0.2, 0.25) is 0 Å². The van der Waals surface area contributed by atoms with Crippen molar-refractivity contribution in [2.45, 2.75) is 13.0 Å². The van der Waals surface area contributed by atoms with Gasteiger partial charge in [-0.25, -0.2) is 8.78 Å². The third kappa shape index (κ3) is 5.86. The van der Waals surface area contributed by atoms with Crippen LogP contribution in [0.1, 0.15) is 11.1 Å². The third-order valence-corrected chi connectivity index (χ3v) is 3.00. The molecule has 0 aromatic heterocycles. The standard InChI is InChI=1S/C17H15F2NO3/c18-14-6-4-12(5-7-14)10-20-16(21)11-23-17(22)9-13-2-1-3-15(19)8-13/h1-8H,9-11H2,(H,20,21). The summed E-state index contributed by atoms with van der Waals surface area (Å²) >= 11 is 0. The number of carbonyl (C=O) groups excluding carboxylic acids is 2. The topological polar surface area (TPSA) is 55.4 Å². The molecule has 2 aromatic rings. The van der Waals surface area contributed by atoms with Crippen molar-refractivity contribution < 1.29 is 23.1 Å². The fraction of sp³-hybridized carbons (Fsp3) is 0.176. The molecule has 0 aliphatic rings. The number of amides is 1.